The Kier molecular flexibility index (Phi) is 4.94. The second kappa shape index (κ2) is 7.56. The maximum absolute atomic E-state index is 13.4. The Labute approximate surface area is 171 Å². The van der Waals surface area contributed by atoms with E-state index in [1.165, 1.54) is 12.1 Å². The third-order valence-corrected chi connectivity index (χ3v) is 4.90. The van der Waals surface area contributed by atoms with Gasteiger partial charge in [0.1, 0.15) is 22.8 Å². The third kappa shape index (κ3) is 3.54. The lowest BCUT2D eigenvalue weighted by Crippen LogP contribution is -1.99. The van der Waals surface area contributed by atoms with Gasteiger partial charge in [0.15, 0.2) is 5.78 Å². The Balaban J connectivity index is 1.80. The van der Waals surface area contributed by atoms with Crippen molar-refractivity contribution in [3.63, 3.8) is 0 Å². The first kappa shape index (κ1) is 19.0. The zero-order valence-corrected chi connectivity index (χ0v) is 16.3. The fourth-order valence-corrected chi connectivity index (χ4v) is 3.32. The fourth-order valence-electron chi connectivity index (χ4n) is 3.14. The average molecular weight is 410 g/mol. The lowest BCUT2D eigenvalue weighted by atomic mass is 10.0. The molecule has 2 heterocycles. The van der Waals surface area contributed by atoms with Gasteiger partial charge >= 0.3 is 0 Å². The summed E-state index contributed by atoms with van der Waals surface area (Å²) in [5.74, 6) is -0.347. The van der Waals surface area contributed by atoms with E-state index < -0.39 is 5.82 Å². The number of carbonyl (C=O) groups excluding carboxylic acids is 1. The summed E-state index contributed by atoms with van der Waals surface area (Å²) < 4.78 is 19.3. The van der Waals surface area contributed by atoms with Crippen LogP contribution in [0, 0.1) is 5.82 Å². The van der Waals surface area contributed by atoms with Gasteiger partial charge < -0.3 is 15.5 Å². The van der Waals surface area contributed by atoms with E-state index in [9.17, 15) is 9.18 Å². The van der Waals surface area contributed by atoms with E-state index in [1.54, 1.807) is 25.3 Å². The van der Waals surface area contributed by atoms with Crippen LogP contribution in [0.3, 0.4) is 0 Å². The molecule has 0 unspecified atom stereocenters. The molecule has 0 radical (unpaired) electrons. The molecule has 0 aliphatic heterocycles. The number of furan rings is 1. The summed E-state index contributed by atoms with van der Waals surface area (Å²) in [6.45, 7) is 1.80. The number of para-hydroxylation sites is 1. The van der Waals surface area contributed by atoms with Crippen molar-refractivity contribution in [2.75, 3.05) is 11.1 Å². The highest BCUT2D eigenvalue weighted by Crippen LogP contribution is 2.40. The van der Waals surface area contributed by atoms with Crippen molar-refractivity contribution in [1.82, 2.24) is 4.98 Å². The Hall–Kier alpha value is -3.38. The summed E-state index contributed by atoms with van der Waals surface area (Å²) in [4.78, 5) is 16.2. The van der Waals surface area contributed by atoms with Gasteiger partial charge in [-0.3, -0.25) is 9.78 Å². The minimum absolute atomic E-state index is 0.00645. The maximum Gasteiger partial charge on any atom is 0.215 e. The topological polar surface area (TPSA) is 81.2 Å². The molecule has 29 heavy (non-hydrogen) atoms. The largest absolute Gasteiger partial charge is 0.438 e. The number of nitrogen functional groups attached to an aromatic ring is 1. The van der Waals surface area contributed by atoms with Gasteiger partial charge in [-0.25, -0.2) is 4.39 Å². The molecule has 0 saturated carbocycles. The Bertz CT molecular complexity index is 1240. The minimum Gasteiger partial charge on any atom is -0.438 e. The molecular formula is C22H17ClFN3O2. The lowest BCUT2D eigenvalue weighted by Gasteiger charge is -2.07. The Morgan fingerprint density at radius 1 is 1.24 bits per heavy atom. The molecule has 146 valence electrons. The van der Waals surface area contributed by atoms with Crippen LogP contribution in [0.15, 0.2) is 59.1 Å². The van der Waals surface area contributed by atoms with Crippen LogP contribution in [-0.2, 0) is 0 Å². The van der Waals surface area contributed by atoms with E-state index in [1.807, 2.05) is 24.3 Å². The minimum atomic E-state index is -0.500. The summed E-state index contributed by atoms with van der Waals surface area (Å²) >= 11 is 5.87. The SMILES string of the molecule is CCC(=O)c1cc(-c2cccc3c(Nc4ccc(F)c(Cl)c4)c(N)oc23)ccn1. The number of pyridine rings is 1. The van der Waals surface area contributed by atoms with Gasteiger partial charge in [0.2, 0.25) is 5.88 Å². The molecule has 0 amide bonds. The Morgan fingerprint density at radius 3 is 2.83 bits per heavy atom. The van der Waals surface area contributed by atoms with Crippen molar-refractivity contribution in [2.24, 2.45) is 0 Å². The van der Waals surface area contributed by atoms with Crippen LogP contribution >= 0.6 is 11.6 Å². The standard InChI is InChI=1S/C22H17ClFN3O2/c1-2-19(28)18-10-12(8-9-26-18)14-4-3-5-15-20(22(25)29-21(14)15)27-13-6-7-17(24)16(23)11-13/h3-11,27H,2,25H2,1H3. The van der Waals surface area contributed by atoms with Crippen molar-refractivity contribution in [2.45, 2.75) is 13.3 Å². The van der Waals surface area contributed by atoms with Gasteiger partial charge in [-0.2, -0.15) is 0 Å². The number of Topliss-reactive ketones (excluding diaryl/α,β-unsaturated/α-hetero) is 1. The van der Waals surface area contributed by atoms with Crippen molar-refractivity contribution in [3.8, 4) is 11.1 Å². The van der Waals surface area contributed by atoms with E-state index in [0.717, 1.165) is 16.5 Å². The number of anilines is 3. The first-order valence-corrected chi connectivity index (χ1v) is 9.38. The second-order valence-electron chi connectivity index (χ2n) is 6.48. The first-order valence-electron chi connectivity index (χ1n) is 9.00. The van der Waals surface area contributed by atoms with Gasteiger partial charge in [0.05, 0.1) is 5.02 Å². The zero-order valence-electron chi connectivity index (χ0n) is 15.5. The number of nitrogens with zero attached hydrogens (tertiary/aromatic N) is 1. The normalized spacial score (nSPS) is 11.0. The monoisotopic (exact) mass is 409 g/mol. The van der Waals surface area contributed by atoms with Crippen LogP contribution in [0.5, 0.6) is 0 Å². The number of aromatic nitrogens is 1. The number of fused-ring (bicyclic) bond motifs is 1. The number of benzene rings is 2. The van der Waals surface area contributed by atoms with Crippen molar-refractivity contribution in [3.05, 3.63) is 71.3 Å². The fraction of sp³-hybridized carbons (Fsp3) is 0.0909. The van der Waals surface area contributed by atoms with E-state index in [4.69, 9.17) is 21.8 Å². The molecule has 0 fully saturated rings. The van der Waals surface area contributed by atoms with Gasteiger partial charge in [0.25, 0.3) is 0 Å². The predicted molar refractivity (Wildman–Crippen MR) is 113 cm³/mol. The number of hydrogen-bond donors (Lipinski definition) is 2. The molecule has 2 aromatic carbocycles. The number of nitrogens with one attached hydrogen (secondary N) is 1. The van der Waals surface area contributed by atoms with E-state index in [-0.39, 0.29) is 16.7 Å². The molecule has 0 aliphatic rings. The Morgan fingerprint density at radius 2 is 2.07 bits per heavy atom. The molecule has 4 rings (SSSR count). The number of rotatable bonds is 5. The number of hydrogen-bond acceptors (Lipinski definition) is 5. The van der Waals surface area contributed by atoms with E-state index in [2.05, 4.69) is 10.3 Å². The van der Waals surface area contributed by atoms with Crippen LogP contribution in [0.25, 0.3) is 22.1 Å². The van der Waals surface area contributed by atoms with Crippen LogP contribution in [0.2, 0.25) is 5.02 Å². The van der Waals surface area contributed by atoms with Gasteiger partial charge in [-0.15, -0.1) is 0 Å². The summed E-state index contributed by atoms with van der Waals surface area (Å²) in [5.41, 5.74) is 9.81. The van der Waals surface area contributed by atoms with Gasteiger partial charge in [-0.05, 0) is 42.0 Å². The molecule has 0 atom stereocenters. The molecule has 4 aromatic rings. The summed E-state index contributed by atoms with van der Waals surface area (Å²) in [7, 11) is 0. The highest BCUT2D eigenvalue weighted by atomic mass is 35.5. The number of ketones is 1. The number of halogens is 2. The molecule has 5 nitrogen and oxygen atoms in total. The predicted octanol–water partition coefficient (Wildman–Crippen LogP) is 6.21. The molecule has 0 bridgehead atoms. The van der Waals surface area contributed by atoms with Crippen molar-refractivity contribution >= 4 is 45.6 Å². The summed E-state index contributed by atoms with van der Waals surface area (Å²) in [5, 5.41) is 3.90. The van der Waals surface area contributed by atoms with E-state index in [0.29, 0.717) is 29.1 Å². The second-order valence-corrected chi connectivity index (χ2v) is 6.89. The van der Waals surface area contributed by atoms with Crippen LogP contribution in [0.1, 0.15) is 23.8 Å². The molecule has 0 spiro atoms. The lowest BCUT2D eigenvalue weighted by molar-refractivity contribution is 0.0983. The van der Waals surface area contributed by atoms with Crippen LogP contribution < -0.4 is 11.1 Å². The molecule has 7 heteroatoms. The quantitative estimate of drug-likeness (QED) is 0.383. The first-order chi connectivity index (χ1) is 14.0. The van der Waals surface area contributed by atoms with Crippen LogP contribution in [-0.4, -0.2) is 10.8 Å². The highest BCUT2D eigenvalue weighted by Gasteiger charge is 2.17. The van der Waals surface area contributed by atoms with Crippen molar-refractivity contribution in [1.29, 1.82) is 0 Å². The smallest absolute Gasteiger partial charge is 0.215 e. The third-order valence-electron chi connectivity index (χ3n) is 4.61. The van der Waals surface area contributed by atoms with Crippen LogP contribution in [0.4, 0.5) is 21.6 Å². The zero-order chi connectivity index (χ0) is 20.5. The summed E-state index contributed by atoms with van der Waals surface area (Å²) in [6.07, 6.45) is 1.98. The summed E-state index contributed by atoms with van der Waals surface area (Å²) in [6, 6.07) is 13.5. The number of carbonyl (C=O) groups is 1. The molecule has 0 aliphatic carbocycles. The molecule has 0 saturated heterocycles. The van der Waals surface area contributed by atoms with Gasteiger partial charge in [0, 0.05) is 29.3 Å². The molecule has 3 N–H and O–H groups in total. The number of nitrogens with two attached hydrogens (primary N) is 1. The highest BCUT2D eigenvalue weighted by molar-refractivity contribution is 6.31. The maximum atomic E-state index is 13.4. The average Bonchev–Trinajstić information content (AvgIpc) is 3.05. The molecule has 2 aromatic heterocycles. The molecular weight excluding hydrogens is 393 g/mol. The van der Waals surface area contributed by atoms with Crippen molar-refractivity contribution < 1.29 is 13.6 Å². The van der Waals surface area contributed by atoms with Gasteiger partial charge in [-0.1, -0.05) is 30.7 Å². The van der Waals surface area contributed by atoms with E-state index >= 15 is 0 Å².